The Balaban J connectivity index is 2.17. The van der Waals surface area contributed by atoms with Gasteiger partial charge >= 0.3 is 5.97 Å². The van der Waals surface area contributed by atoms with Crippen molar-refractivity contribution in [1.29, 1.82) is 0 Å². The van der Waals surface area contributed by atoms with Crippen molar-refractivity contribution in [2.24, 2.45) is 0 Å². The molecule has 0 radical (unpaired) electrons. The number of unbranched alkanes of at least 4 members (excludes halogenated alkanes) is 8. The second-order valence-electron chi connectivity index (χ2n) is 7.72. The molecule has 0 aliphatic rings. The first-order valence-corrected chi connectivity index (χ1v) is 11.2. The SMILES string of the molecule is CCCCCCCCC/C=C/CCCNc1ccccc1C(C)CC(=O)OC. The van der Waals surface area contributed by atoms with Gasteiger partial charge in [0.15, 0.2) is 0 Å². The van der Waals surface area contributed by atoms with E-state index < -0.39 is 0 Å². The number of rotatable bonds is 16. The zero-order chi connectivity index (χ0) is 20.5. The van der Waals surface area contributed by atoms with E-state index in [1.165, 1.54) is 64.0 Å². The molecule has 1 unspecified atom stereocenters. The van der Waals surface area contributed by atoms with Gasteiger partial charge in [-0.1, -0.05) is 82.7 Å². The lowest BCUT2D eigenvalue weighted by Crippen LogP contribution is -2.09. The van der Waals surface area contributed by atoms with E-state index in [2.05, 4.69) is 43.4 Å². The van der Waals surface area contributed by atoms with Crippen molar-refractivity contribution in [3.05, 3.63) is 42.0 Å². The largest absolute Gasteiger partial charge is 0.469 e. The molecular formula is C25H41NO2. The Kier molecular flexibility index (Phi) is 14.0. The number of methoxy groups -OCH3 is 1. The highest BCUT2D eigenvalue weighted by molar-refractivity contribution is 5.71. The van der Waals surface area contributed by atoms with E-state index in [9.17, 15) is 4.79 Å². The van der Waals surface area contributed by atoms with Crippen LogP contribution >= 0.6 is 0 Å². The fraction of sp³-hybridized carbons (Fsp3) is 0.640. The number of allylic oxidation sites excluding steroid dienone is 2. The van der Waals surface area contributed by atoms with Gasteiger partial charge in [0, 0.05) is 12.2 Å². The molecule has 0 saturated heterocycles. The average molecular weight is 388 g/mol. The van der Waals surface area contributed by atoms with E-state index in [-0.39, 0.29) is 11.9 Å². The Hall–Kier alpha value is -1.77. The number of nitrogens with one attached hydrogen (secondary N) is 1. The van der Waals surface area contributed by atoms with E-state index in [1.54, 1.807) is 0 Å². The zero-order valence-corrected chi connectivity index (χ0v) is 18.3. The fourth-order valence-electron chi connectivity index (χ4n) is 3.43. The van der Waals surface area contributed by atoms with Crippen LogP contribution in [0.5, 0.6) is 0 Å². The molecule has 0 saturated carbocycles. The highest BCUT2D eigenvalue weighted by Gasteiger charge is 2.14. The second-order valence-corrected chi connectivity index (χ2v) is 7.72. The summed E-state index contributed by atoms with van der Waals surface area (Å²) in [6.07, 6.45) is 18.2. The summed E-state index contributed by atoms with van der Waals surface area (Å²) in [6, 6.07) is 8.26. The molecule has 28 heavy (non-hydrogen) atoms. The first-order valence-electron chi connectivity index (χ1n) is 11.2. The number of carbonyl (C=O) groups is 1. The minimum absolute atomic E-state index is 0.151. The molecule has 0 aliphatic heterocycles. The molecule has 0 heterocycles. The van der Waals surface area contributed by atoms with Gasteiger partial charge in [-0.15, -0.1) is 0 Å². The molecule has 0 bridgehead atoms. The number of anilines is 1. The maximum atomic E-state index is 11.5. The molecule has 1 aromatic rings. The molecule has 0 aliphatic carbocycles. The van der Waals surface area contributed by atoms with Gasteiger partial charge < -0.3 is 10.1 Å². The first-order chi connectivity index (χ1) is 13.7. The van der Waals surface area contributed by atoms with Crippen LogP contribution < -0.4 is 5.32 Å². The van der Waals surface area contributed by atoms with Crippen LogP contribution in [-0.2, 0) is 9.53 Å². The van der Waals surface area contributed by atoms with E-state index in [0.717, 1.165) is 25.1 Å². The standard InChI is InChI=1S/C25H41NO2/c1-4-5-6-7-8-9-10-11-12-13-14-17-20-26-24-19-16-15-18-23(24)22(2)21-25(27)28-3/h12-13,15-16,18-19,22,26H,4-11,14,17,20-21H2,1-3H3/b13-12+. The highest BCUT2D eigenvalue weighted by Crippen LogP contribution is 2.27. The van der Waals surface area contributed by atoms with Crippen LogP contribution in [0.3, 0.4) is 0 Å². The van der Waals surface area contributed by atoms with Gasteiger partial charge in [-0.25, -0.2) is 0 Å². The Labute approximate surface area is 173 Å². The third-order valence-corrected chi connectivity index (χ3v) is 5.20. The molecule has 0 amide bonds. The second kappa shape index (κ2) is 16.2. The van der Waals surface area contributed by atoms with Gasteiger partial charge in [-0.05, 0) is 43.2 Å². The molecule has 3 heteroatoms. The number of ether oxygens (including phenoxy) is 1. The van der Waals surface area contributed by atoms with Crippen molar-refractivity contribution in [3.63, 3.8) is 0 Å². The molecule has 1 atom stereocenters. The summed E-state index contributed by atoms with van der Waals surface area (Å²) >= 11 is 0. The van der Waals surface area contributed by atoms with Crippen LogP contribution in [0, 0.1) is 0 Å². The number of hydrogen-bond donors (Lipinski definition) is 1. The summed E-state index contributed by atoms with van der Waals surface area (Å²) in [5.74, 6) is -0.00795. The Morgan fingerprint density at radius 1 is 1.00 bits per heavy atom. The summed E-state index contributed by atoms with van der Waals surface area (Å²) < 4.78 is 4.80. The molecule has 0 spiro atoms. The lowest BCUT2D eigenvalue weighted by Gasteiger charge is -2.16. The minimum atomic E-state index is -0.159. The summed E-state index contributed by atoms with van der Waals surface area (Å²) in [4.78, 5) is 11.5. The van der Waals surface area contributed by atoms with Crippen molar-refractivity contribution in [1.82, 2.24) is 0 Å². The van der Waals surface area contributed by atoms with Crippen LogP contribution in [0.15, 0.2) is 36.4 Å². The number of benzene rings is 1. The van der Waals surface area contributed by atoms with Gasteiger partial charge in [0.25, 0.3) is 0 Å². The van der Waals surface area contributed by atoms with Gasteiger partial charge in [0.05, 0.1) is 13.5 Å². The number of para-hydroxylation sites is 1. The summed E-state index contributed by atoms with van der Waals surface area (Å²) in [7, 11) is 1.44. The third kappa shape index (κ3) is 11.2. The molecule has 3 nitrogen and oxygen atoms in total. The van der Waals surface area contributed by atoms with E-state index in [1.807, 2.05) is 12.1 Å². The summed E-state index contributed by atoms with van der Waals surface area (Å²) in [5, 5.41) is 3.53. The van der Waals surface area contributed by atoms with Crippen LogP contribution in [0.4, 0.5) is 5.69 Å². The van der Waals surface area contributed by atoms with E-state index in [4.69, 9.17) is 4.74 Å². The van der Waals surface area contributed by atoms with Gasteiger partial charge in [0.2, 0.25) is 0 Å². The predicted molar refractivity (Wildman–Crippen MR) is 121 cm³/mol. The maximum absolute atomic E-state index is 11.5. The Bertz CT molecular complexity index is 553. The predicted octanol–water partition coefficient (Wildman–Crippen LogP) is 7.24. The van der Waals surface area contributed by atoms with Crippen LogP contribution in [0.25, 0.3) is 0 Å². The number of hydrogen-bond acceptors (Lipinski definition) is 3. The normalized spacial score (nSPS) is 12.2. The minimum Gasteiger partial charge on any atom is -0.469 e. The molecule has 1 aromatic carbocycles. The van der Waals surface area contributed by atoms with Crippen molar-refractivity contribution >= 4 is 11.7 Å². The Morgan fingerprint density at radius 2 is 1.64 bits per heavy atom. The van der Waals surface area contributed by atoms with E-state index in [0.29, 0.717) is 6.42 Å². The van der Waals surface area contributed by atoms with Crippen LogP contribution in [0.1, 0.15) is 96.0 Å². The summed E-state index contributed by atoms with van der Waals surface area (Å²) in [6.45, 7) is 5.29. The first kappa shape index (κ1) is 24.3. The molecular weight excluding hydrogens is 346 g/mol. The van der Waals surface area contributed by atoms with Crippen molar-refractivity contribution in [3.8, 4) is 0 Å². The molecule has 0 fully saturated rings. The number of esters is 1. The highest BCUT2D eigenvalue weighted by atomic mass is 16.5. The quantitative estimate of drug-likeness (QED) is 0.184. The van der Waals surface area contributed by atoms with Crippen molar-refractivity contribution in [2.45, 2.75) is 90.4 Å². The monoisotopic (exact) mass is 387 g/mol. The lowest BCUT2D eigenvalue weighted by molar-refractivity contribution is -0.140. The number of carbonyl (C=O) groups excluding carboxylic acids is 1. The average Bonchev–Trinajstić information content (AvgIpc) is 2.71. The summed E-state index contributed by atoms with van der Waals surface area (Å²) in [5.41, 5.74) is 2.31. The molecule has 1 rings (SSSR count). The third-order valence-electron chi connectivity index (χ3n) is 5.20. The topological polar surface area (TPSA) is 38.3 Å². The van der Waals surface area contributed by atoms with Gasteiger partial charge in [0.1, 0.15) is 0 Å². The maximum Gasteiger partial charge on any atom is 0.306 e. The van der Waals surface area contributed by atoms with Gasteiger partial charge in [-0.2, -0.15) is 0 Å². The fourth-order valence-corrected chi connectivity index (χ4v) is 3.43. The van der Waals surface area contributed by atoms with Crippen molar-refractivity contribution < 1.29 is 9.53 Å². The molecule has 158 valence electrons. The molecule has 0 aromatic heterocycles. The lowest BCUT2D eigenvalue weighted by atomic mass is 9.96. The van der Waals surface area contributed by atoms with Crippen LogP contribution in [0.2, 0.25) is 0 Å². The van der Waals surface area contributed by atoms with Gasteiger partial charge in [-0.3, -0.25) is 4.79 Å². The smallest absolute Gasteiger partial charge is 0.306 e. The zero-order valence-electron chi connectivity index (χ0n) is 18.3. The molecule has 1 N–H and O–H groups in total. The van der Waals surface area contributed by atoms with Crippen LogP contribution in [-0.4, -0.2) is 19.6 Å². The Morgan fingerprint density at radius 3 is 2.36 bits per heavy atom. The van der Waals surface area contributed by atoms with E-state index >= 15 is 0 Å². The van der Waals surface area contributed by atoms with Crippen molar-refractivity contribution in [2.75, 3.05) is 19.0 Å².